The number of nitrogens with zero attached hydrogens (tertiary/aromatic N) is 2. The lowest BCUT2D eigenvalue weighted by Crippen LogP contribution is -2.30. The Hall–Kier alpha value is -1.88. The summed E-state index contributed by atoms with van der Waals surface area (Å²) in [6.07, 6.45) is 2.04. The van der Waals surface area contributed by atoms with Crippen LogP contribution < -0.4 is 5.73 Å². The third-order valence-corrected chi connectivity index (χ3v) is 4.11. The number of nitrogen functional groups attached to an aromatic ring is 1. The van der Waals surface area contributed by atoms with Crippen molar-refractivity contribution in [3.05, 3.63) is 47.0 Å². The Bertz CT molecular complexity index is 581. The molecule has 1 aromatic heterocycles. The van der Waals surface area contributed by atoms with Gasteiger partial charge in [-0.1, -0.05) is 30.3 Å². The van der Waals surface area contributed by atoms with E-state index < -0.39 is 0 Å². The first-order chi connectivity index (χ1) is 9.25. The largest absolute Gasteiger partial charge is 0.375 e. The Kier molecular flexibility index (Phi) is 3.21. The van der Waals surface area contributed by atoms with Crippen LogP contribution in [0.5, 0.6) is 0 Å². The van der Waals surface area contributed by atoms with E-state index in [0.29, 0.717) is 10.8 Å². The van der Waals surface area contributed by atoms with Crippen molar-refractivity contribution < 1.29 is 4.79 Å². The predicted molar refractivity (Wildman–Crippen MR) is 76.0 cm³/mol. The molecule has 1 amide bonds. The number of hydrogen-bond acceptors (Lipinski definition) is 4. The summed E-state index contributed by atoms with van der Waals surface area (Å²) in [6, 6.07) is 10.3. The normalized spacial score (nSPS) is 18.7. The molecular formula is C14H15N3OS. The maximum Gasteiger partial charge on any atom is 0.273 e. The van der Waals surface area contributed by atoms with Gasteiger partial charge in [-0.2, -0.15) is 0 Å². The summed E-state index contributed by atoms with van der Waals surface area (Å²) in [5.74, 6) is -0.0145. The van der Waals surface area contributed by atoms with Crippen LogP contribution in [0.15, 0.2) is 35.7 Å². The lowest BCUT2D eigenvalue weighted by Gasteiger charge is -2.24. The highest BCUT2D eigenvalue weighted by Crippen LogP contribution is 2.33. The van der Waals surface area contributed by atoms with Crippen molar-refractivity contribution in [3.63, 3.8) is 0 Å². The van der Waals surface area contributed by atoms with Crippen LogP contribution in [0.25, 0.3) is 0 Å². The van der Waals surface area contributed by atoms with Gasteiger partial charge in [-0.15, -0.1) is 11.3 Å². The second kappa shape index (κ2) is 5.01. The van der Waals surface area contributed by atoms with Crippen LogP contribution in [0.2, 0.25) is 0 Å². The van der Waals surface area contributed by atoms with Crippen molar-refractivity contribution in [1.82, 2.24) is 9.88 Å². The summed E-state index contributed by atoms with van der Waals surface area (Å²) in [5, 5.41) is 2.18. The molecular weight excluding hydrogens is 258 g/mol. The van der Waals surface area contributed by atoms with E-state index in [9.17, 15) is 4.79 Å². The zero-order valence-electron chi connectivity index (χ0n) is 10.5. The molecule has 98 valence electrons. The molecule has 1 aliphatic rings. The highest BCUT2D eigenvalue weighted by Gasteiger charge is 2.31. The second-order valence-electron chi connectivity index (χ2n) is 4.64. The molecule has 1 atom stereocenters. The fraction of sp³-hybridized carbons (Fsp3) is 0.286. The molecule has 0 aliphatic carbocycles. The van der Waals surface area contributed by atoms with Crippen LogP contribution in [-0.4, -0.2) is 22.3 Å². The van der Waals surface area contributed by atoms with Gasteiger partial charge in [0.15, 0.2) is 5.13 Å². The molecule has 1 fully saturated rings. The highest BCUT2D eigenvalue weighted by atomic mass is 32.1. The molecule has 1 unspecified atom stereocenters. The number of anilines is 1. The smallest absolute Gasteiger partial charge is 0.273 e. The van der Waals surface area contributed by atoms with Gasteiger partial charge in [0.05, 0.1) is 6.04 Å². The summed E-state index contributed by atoms with van der Waals surface area (Å²) < 4.78 is 0. The fourth-order valence-corrected chi connectivity index (χ4v) is 3.10. The molecule has 19 heavy (non-hydrogen) atoms. The average molecular weight is 273 g/mol. The van der Waals surface area contributed by atoms with E-state index >= 15 is 0 Å². The molecule has 0 spiro atoms. The zero-order chi connectivity index (χ0) is 13.2. The van der Waals surface area contributed by atoms with Gasteiger partial charge >= 0.3 is 0 Å². The molecule has 1 saturated heterocycles. The van der Waals surface area contributed by atoms with Gasteiger partial charge in [0, 0.05) is 11.9 Å². The monoisotopic (exact) mass is 273 g/mol. The van der Waals surface area contributed by atoms with Crippen LogP contribution in [-0.2, 0) is 0 Å². The lowest BCUT2D eigenvalue weighted by atomic mass is 10.0. The Labute approximate surface area is 115 Å². The summed E-state index contributed by atoms with van der Waals surface area (Å²) in [7, 11) is 0. The van der Waals surface area contributed by atoms with Gasteiger partial charge in [0.2, 0.25) is 0 Å². The minimum Gasteiger partial charge on any atom is -0.375 e. The number of carbonyl (C=O) groups excluding carboxylic acids is 1. The first kappa shape index (κ1) is 12.2. The van der Waals surface area contributed by atoms with Gasteiger partial charge in [-0.05, 0) is 18.4 Å². The Morgan fingerprint density at radius 3 is 2.84 bits per heavy atom. The molecule has 5 heteroatoms. The Balaban J connectivity index is 1.86. The molecule has 2 N–H and O–H groups in total. The quantitative estimate of drug-likeness (QED) is 0.915. The number of rotatable bonds is 2. The zero-order valence-corrected chi connectivity index (χ0v) is 11.3. The Morgan fingerprint density at radius 1 is 1.37 bits per heavy atom. The van der Waals surface area contributed by atoms with Crippen LogP contribution in [0.1, 0.15) is 34.9 Å². The summed E-state index contributed by atoms with van der Waals surface area (Å²) in [6.45, 7) is 0.788. The third-order valence-electron chi connectivity index (χ3n) is 3.44. The molecule has 0 saturated carbocycles. The number of amides is 1. The SMILES string of the molecule is Nc1nc(C(=O)N2CCCC2c2ccccc2)cs1. The van der Waals surface area contributed by atoms with Gasteiger partial charge in [0.25, 0.3) is 5.91 Å². The van der Waals surface area contributed by atoms with E-state index in [2.05, 4.69) is 17.1 Å². The highest BCUT2D eigenvalue weighted by molar-refractivity contribution is 7.13. The summed E-state index contributed by atoms with van der Waals surface area (Å²) >= 11 is 1.31. The van der Waals surface area contributed by atoms with Crippen molar-refractivity contribution in [2.45, 2.75) is 18.9 Å². The van der Waals surface area contributed by atoms with Crippen molar-refractivity contribution in [3.8, 4) is 0 Å². The van der Waals surface area contributed by atoms with E-state index in [4.69, 9.17) is 5.73 Å². The fourth-order valence-electron chi connectivity index (χ4n) is 2.56. The molecule has 3 rings (SSSR count). The lowest BCUT2D eigenvalue weighted by molar-refractivity contribution is 0.0730. The third kappa shape index (κ3) is 2.33. The van der Waals surface area contributed by atoms with Crippen molar-refractivity contribution in [2.75, 3.05) is 12.3 Å². The number of nitrogens with two attached hydrogens (primary N) is 1. The number of hydrogen-bond donors (Lipinski definition) is 1. The first-order valence-corrected chi connectivity index (χ1v) is 7.20. The number of thiazole rings is 1. The van der Waals surface area contributed by atoms with Gasteiger partial charge in [-0.25, -0.2) is 4.98 Å². The maximum atomic E-state index is 12.5. The van der Waals surface area contributed by atoms with Crippen LogP contribution in [0, 0.1) is 0 Å². The van der Waals surface area contributed by atoms with E-state index in [1.807, 2.05) is 23.1 Å². The topological polar surface area (TPSA) is 59.2 Å². The number of likely N-dealkylation sites (tertiary alicyclic amines) is 1. The van der Waals surface area contributed by atoms with E-state index in [-0.39, 0.29) is 11.9 Å². The standard InChI is InChI=1S/C14H15N3OS/c15-14-16-11(9-19-14)13(18)17-8-4-7-12(17)10-5-2-1-3-6-10/h1-3,5-6,9,12H,4,7-8H2,(H2,15,16). The molecule has 1 aliphatic heterocycles. The van der Waals surface area contributed by atoms with Crippen LogP contribution in [0.3, 0.4) is 0 Å². The predicted octanol–water partition coefficient (Wildman–Crippen LogP) is 2.70. The maximum absolute atomic E-state index is 12.5. The van der Waals surface area contributed by atoms with E-state index in [0.717, 1.165) is 19.4 Å². The molecule has 0 bridgehead atoms. The molecule has 1 aromatic carbocycles. The summed E-state index contributed by atoms with van der Waals surface area (Å²) in [4.78, 5) is 18.5. The molecule has 2 aromatic rings. The van der Waals surface area contributed by atoms with Crippen molar-refractivity contribution in [2.24, 2.45) is 0 Å². The number of benzene rings is 1. The summed E-state index contributed by atoms with van der Waals surface area (Å²) in [5.41, 5.74) is 7.25. The van der Waals surface area contributed by atoms with E-state index in [1.54, 1.807) is 5.38 Å². The van der Waals surface area contributed by atoms with Crippen LogP contribution >= 0.6 is 11.3 Å². The van der Waals surface area contributed by atoms with Gasteiger partial charge in [-0.3, -0.25) is 4.79 Å². The van der Waals surface area contributed by atoms with Crippen molar-refractivity contribution in [1.29, 1.82) is 0 Å². The Morgan fingerprint density at radius 2 is 2.16 bits per heavy atom. The molecule has 2 heterocycles. The average Bonchev–Trinajstić information content (AvgIpc) is 3.07. The van der Waals surface area contributed by atoms with Gasteiger partial charge in [0.1, 0.15) is 5.69 Å². The molecule has 4 nitrogen and oxygen atoms in total. The second-order valence-corrected chi connectivity index (χ2v) is 5.53. The first-order valence-electron chi connectivity index (χ1n) is 6.32. The molecule has 0 radical (unpaired) electrons. The minimum absolute atomic E-state index is 0.0145. The number of carbonyl (C=O) groups is 1. The van der Waals surface area contributed by atoms with Crippen LogP contribution in [0.4, 0.5) is 5.13 Å². The van der Waals surface area contributed by atoms with Crippen molar-refractivity contribution >= 4 is 22.4 Å². The minimum atomic E-state index is -0.0145. The number of aromatic nitrogens is 1. The van der Waals surface area contributed by atoms with Gasteiger partial charge < -0.3 is 10.6 Å². The van der Waals surface area contributed by atoms with E-state index in [1.165, 1.54) is 16.9 Å².